The van der Waals surface area contributed by atoms with Gasteiger partial charge >= 0.3 is 6.03 Å². The van der Waals surface area contributed by atoms with Gasteiger partial charge in [-0.25, -0.2) is 4.79 Å². The van der Waals surface area contributed by atoms with Gasteiger partial charge in [-0.05, 0) is 41.8 Å². The van der Waals surface area contributed by atoms with E-state index in [2.05, 4.69) is 5.32 Å². The Kier molecular flexibility index (Phi) is 3.71. The molecular weight excluding hydrogens is 288 g/mol. The van der Waals surface area contributed by atoms with Gasteiger partial charge in [0, 0.05) is 13.1 Å². The van der Waals surface area contributed by atoms with Gasteiger partial charge in [-0.2, -0.15) is 0 Å². The fourth-order valence-corrected chi connectivity index (χ4v) is 2.66. The van der Waals surface area contributed by atoms with E-state index in [0.717, 1.165) is 12.0 Å². The molecule has 1 aliphatic heterocycles. The van der Waals surface area contributed by atoms with Crippen LogP contribution in [0.3, 0.4) is 0 Å². The Labute approximate surface area is 128 Å². The van der Waals surface area contributed by atoms with Crippen molar-refractivity contribution in [1.82, 2.24) is 4.90 Å². The number of aromatic hydroxyl groups is 1. The summed E-state index contributed by atoms with van der Waals surface area (Å²) in [6.45, 7) is 1.13. The number of amides is 2. The molecule has 3 rings (SSSR count). The van der Waals surface area contributed by atoms with Crippen LogP contribution >= 0.6 is 11.6 Å². The third-order valence-corrected chi connectivity index (χ3v) is 3.93. The second-order valence-corrected chi connectivity index (χ2v) is 5.44. The molecule has 5 heteroatoms. The van der Waals surface area contributed by atoms with Gasteiger partial charge < -0.3 is 15.3 Å². The number of nitrogens with zero attached hydrogens (tertiary/aromatic N) is 1. The van der Waals surface area contributed by atoms with E-state index in [4.69, 9.17) is 11.6 Å². The number of benzene rings is 2. The SMILES string of the molecule is O=C(Nc1ccccc1Cl)N1CCc2ccc(O)cc2C1. The zero-order valence-electron chi connectivity index (χ0n) is 11.3. The minimum atomic E-state index is -0.183. The van der Waals surface area contributed by atoms with E-state index in [9.17, 15) is 9.90 Å². The van der Waals surface area contributed by atoms with Crippen molar-refractivity contribution in [3.8, 4) is 5.75 Å². The highest BCUT2D eigenvalue weighted by atomic mass is 35.5. The first kappa shape index (κ1) is 13.8. The average molecular weight is 303 g/mol. The quantitative estimate of drug-likeness (QED) is 0.845. The lowest BCUT2D eigenvalue weighted by atomic mass is 10.00. The normalized spacial score (nSPS) is 13.7. The molecule has 2 aromatic rings. The fraction of sp³-hybridized carbons (Fsp3) is 0.188. The Morgan fingerprint density at radius 2 is 2.00 bits per heavy atom. The average Bonchev–Trinajstić information content (AvgIpc) is 2.48. The molecule has 21 heavy (non-hydrogen) atoms. The second-order valence-electron chi connectivity index (χ2n) is 5.03. The van der Waals surface area contributed by atoms with Crippen LogP contribution in [0.2, 0.25) is 5.02 Å². The molecule has 0 saturated heterocycles. The van der Waals surface area contributed by atoms with E-state index in [1.807, 2.05) is 18.2 Å². The van der Waals surface area contributed by atoms with Gasteiger partial charge in [0.25, 0.3) is 0 Å². The molecule has 4 nitrogen and oxygen atoms in total. The Balaban J connectivity index is 1.74. The number of nitrogens with one attached hydrogen (secondary N) is 1. The van der Waals surface area contributed by atoms with Gasteiger partial charge in [0.1, 0.15) is 5.75 Å². The van der Waals surface area contributed by atoms with Crippen LogP contribution in [0.5, 0.6) is 5.75 Å². The number of para-hydroxylation sites is 1. The van der Waals surface area contributed by atoms with Crippen molar-refractivity contribution < 1.29 is 9.90 Å². The zero-order chi connectivity index (χ0) is 14.8. The van der Waals surface area contributed by atoms with Crippen LogP contribution in [0.25, 0.3) is 0 Å². The van der Waals surface area contributed by atoms with Crippen LogP contribution in [0.1, 0.15) is 11.1 Å². The molecule has 2 aromatic carbocycles. The number of fused-ring (bicyclic) bond motifs is 1. The first-order chi connectivity index (χ1) is 10.1. The predicted molar refractivity (Wildman–Crippen MR) is 82.7 cm³/mol. The van der Waals surface area contributed by atoms with Crippen LogP contribution in [0.4, 0.5) is 10.5 Å². The molecule has 2 N–H and O–H groups in total. The van der Waals surface area contributed by atoms with Gasteiger partial charge in [-0.1, -0.05) is 29.8 Å². The van der Waals surface area contributed by atoms with E-state index in [0.29, 0.717) is 23.8 Å². The van der Waals surface area contributed by atoms with E-state index in [-0.39, 0.29) is 11.8 Å². The van der Waals surface area contributed by atoms with E-state index in [1.54, 1.807) is 29.2 Å². The molecule has 0 spiro atoms. The largest absolute Gasteiger partial charge is 0.508 e. The summed E-state index contributed by atoms with van der Waals surface area (Å²) in [6.07, 6.45) is 0.783. The maximum absolute atomic E-state index is 12.3. The molecule has 0 aliphatic carbocycles. The van der Waals surface area contributed by atoms with Crippen molar-refractivity contribution in [2.45, 2.75) is 13.0 Å². The molecular formula is C16H15ClN2O2. The van der Waals surface area contributed by atoms with Gasteiger partial charge in [0.2, 0.25) is 0 Å². The van der Waals surface area contributed by atoms with Crippen LogP contribution < -0.4 is 5.32 Å². The number of urea groups is 1. The lowest BCUT2D eigenvalue weighted by Gasteiger charge is -2.29. The number of phenolic OH excluding ortho intramolecular Hbond substituents is 1. The Morgan fingerprint density at radius 3 is 2.81 bits per heavy atom. The number of hydrogen-bond acceptors (Lipinski definition) is 2. The van der Waals surface area contributed by atoms with Crippen LogP contribution in [0, 0.1) is 0 Å². The molecule has 0 fully saturated rings. The third-order valence-electron chi connectivity index (χ3n) is 3.60. The number of carbonyl (C=O) groups excluding carboxylic acids is 1. The van der Waals surface area contributed by atoms with E-state index in [1.165, 1.54) is 5.56 Å². The molecule has 2 amide bonds. The van der Waals surface area contributed by atoms with Crippen LogP contribution in [0.15, 0.2) is 42.5 Å². The summed E-state index contributed by atoms with van der Waals surface area (Å²) >= 11 is 6.04. The number of rotatable bonds is 1. The monoisotopic (exact) mass is 302 g/mol. The fourth-order valence-electron chi connectivity index (χ4n) is 2.47. The van der Waals surface area contributed by atoms with E-state index >= 15 is 0 Å². The second kappa shape index (κ2) is 5.66. The molecule has 0 saturated carbocycles. The molecule has 0 radical (unpaired) electrons. The molecule has 1 aliphatic rings. The highest BCUT2D eigenvalue weighted by molar-refractivity contribution is 6.33. The molecule has 1 heterocycles. The lowest BCUT2D eigenvalue weighted by Crippen LogP contribution is -2.38. The van der Waals surface area contributed by atoms with Crippen molar-refractivity contribution >= 4 is 23.3 Å². The summed E-state index contributed by atoms with van der Waals surface area (Å²) in [4.78, 5) is 14.0. The number of carbonyl (C=O) groups is 1. The summed E-state index contributed by atoms with van der Waals surface area (Å²) in [5, 5.41) is 12.9. The summed E-state index contributed by atoms with van der Waals surface area (Å²) in [7, 11) is 0. The molecule has 0 aromatic heterocycles. The van der Waals surface area contributed by atoms with E-state index < -0.39 is 0 Å². The number of phenols is 1. The zero-order valence-corrected chi connectivity index (χ0v) is 12.1. The number of hydrogen-bond donors (Lipinski definition) is 2. The highest BCUT2D eigenvalue weighted by Crippen LogP contribution is 2.25. The van der Waals surface area contributed by atoms with Crippen molar-refractivity contribution in [1.29, 1.82) is 0 Å². The molecule has 108 valence electrons. The standard InChI is InChI=1S/C16H15ClN2O2/c17-14-3-1-2-4-15(14)18-16(21)19-8-7-11-5-6-13(20)9-12(11)10-19/h1-6,9,20H,7-8,10H2,(H,18,21). The Hall–Kier alpha value is -2.20. The first-order valence-electron chi connectivity index (χ1n) is 6.75. The predicted octanol–water partition coefficient (Wildman–Crippen LogP) is 3.64. The summed E-state index contributed by atoms with van der Waals surface area (Å²) < 4.78 is 0. The Bertz CT molecular complexity index is 688. The smallest absolute Gasteiger partial charge is 0.322 e. The van der Waals surface area contributed by atoms with Crippen molar-refractivity contribution in [2.24, 2.45) is 0 Å². The Morgan fingerprint density at radius 1 is 1.19 bits per heavy atom. The van der Waals surface area contributed by atoms with Crippen molar-refractivity contribution in [3.05, 3.63) is 58.6 Å². The summed E-state index contributed by atoms with van der Waals surface area (Å²) in [5.41, 5.74) is 2.76. The minimum Gasteiger partial charge on any atom is -0.508 e. The summed E-state index contributed by atoms with van der Waals surface area (Å²) in [5.74, 6) is 0.224. The molecule has 0 bridgehead atoms. The number of anilines is 1. The maximum Gasteiger partial charge on any atom is 0.322 e. The lowest BCUT2D eigenvalue weighted by molar-refractivity contribution is 0.206. The number of halogens is 1. The first-order valence-corrected chi connectivity index (χ1v) is 7.12. The van der Waals surface area contributed by atoms with Gasteiger partial charge in [-0.3, -0.25) is 0 Å². The highest BCUT2D eigenvalue weighted by Gasteiger charge is 2.21. The topological polar surface area (TPSA) is 52.6 Å². The van der Waals surface area contributed by atoms with Gasteiger partial charge in [0.05, 0.1) is 10.7 Å². The molecule has 0 unspecified atom stereocenters. The van der Waals surface area contributed by atoms with Crippen LogP contribution in [-0.2, 0) is 13.0 Å². The van der Waals surface area contributed by atoms with Crippen LogP contribution in [-0.4, -0.2) is 22.6 Å². The minimum absolute atomic E-state index is 0.183. The van der Waals surface area contributed by atoms with Gasteiger partial charge in [-0.15, -0.1) is 0 Å². The van der Waals surface area contributed by atoms with Crippen molar-refractivity contribution in [2.75, 3.05) is 11.9 Å². The molecule has 0 atom stereocenters. The maximum atomic E-state index is 12.3. The van der Waals surface area contributed by atoms with Gasteiger partial charge in [0.15, 0.2) is 0 Å². The van der Waals surface area contributed by atoms with Crippen molar-refractivity contribution in [3.63, 3.8) is 0 Å². The summed E-state index contributed by atoms with van der Waals surface area (Å²) in [6, 6.07) is 12.3. The third kappa shape index (κ3) is 2.95.